The molecule has 0 aromatic carbocycles. The largest absolute Gasteiger partial charge is 0.457 e. The highest BCUT2D eigenvalue weighted by atomic mass is 32.1. The van der Waals surface area contributed by atoms with Crippen molar-refractivity contribution in [3.05, 3.63) is 28.8 Å². The molecule has 0 saturated carbocycles. The van der Waals surface area contributed by atoms with Crippen LogP contribution in [0.15, 0.2) is 22.6 Å². The van der Waals surface area contributed by atoms with E-state index in [0.717, 1.165) is 37.3 Å². The third-order valence-electron chi connectivity index (χ3n) is 5.56. The average Bonchev–Trinajstić information content (AvgIpc) is 3.34. The first-order valence-corrected chi connectivity index (χ1v) is 11.2. The number of carbonyl (C=O) groups is 1. The van der Waals surface area contributed by atoms with Crippen molar-refractivity contribution < 1.29 is 9.21 Å². The summed E-state index contributed by atoms with van der Waals surface area (Å²) in [5.74, 6) is 2.60. The topological polar surface area (TPSA) is 88.5 Å². The number of rotatable bonds is 3. The summed E-state index contributed by atoms with van der Waals surface area (Å²) in [4.78, 5) is 27.8. The highest BCUT2D eigenvalue weighted by Gasteiger charge is 2.29. The maximum atomic E-state index is 13.1. The van der Waals surface area contributed by atoms with Gasteiger partial charge in [-0.15, -0.1) is 11.3 Å². The van der Waals surface area contributed by atoms with Crippen LogP contribution in [-0.4, -0.2) is 57.4 Å². The zero-order valence-electron chi connectivity index (χ0n) is 18.2. The highest BCUT2D eigenvalue weighted by molar-refractivity contribution is 7.20. The number of hydrogen-bond donors (Lipinski definition) is 1. The summed E-state index contributed by atoms with van der Waals surface area (Å²) >= 11 is 1.36. The van der Waals surface area contributed by atoms with Gasteiger partial charge in [-0.25, -0.2) is 9.97 Å². The molecule has 1 fully saturated rings. The van der Waals surface area contributed by atoms with Crippen LogP contribution in [0.1, 0.15) is 56.0 Å². The molecule has 0 bridgehead atoms. The average molecular weight is 428 g/mol. The molecule has 160 valence electrons. The third kappa shape index (κ3) is 3.94. The van der Waals surface area contributed by atoms with Gasteiger partial charge in [0.2, 0.25) is 0 Å². The quantitative estimate of drug-likeness (QED) is 0.673. The molecule has 2 N–H and O–H groups in total. The molecule has 3 aromatic rings. The van der Waals surface area contributed by atoms with Crippen LogP contribution >= 0.6 is 11.3 Å². The van der Waals surface area contributed by atoms with Gasteiger partial charge in [0.1, 0.15) is 16.4 Å². The second-order valence-electron chi connectivity index (χ2n) is 9.07. The number of fused-ring (bicyclic) bond motifs is 1. The van der Waals surface area contributed by atoms with E-state index in [1.807, 2.05) is 23.1 Å². The number of nitrogens with zero attached hydrogens (tertiary/aromatic N) is 4. The van der Waals surface area contributed by atoms with Gasteiger partial charge in [-0.2, -0.15) is 0 Å². The SMILES string of the molecule is CC(C)c1ccc(-c2nc(N)c3cc(C(=O)N4CCN(C(C)(C)C)CC4)sc3n2)o1. The Kier molecular flexibility index (Phi) is 5.32. The Bertz CT molecular complexity index is 1070. The van der Waals surface area contributed by atoms with Crippen molar-refractivity contribution in [2.45, 2.75) is 46.1 Å². The van der Waals surface area contributed by atoms with Crippen LogP contribution in [0.5, 0.6) is 0 Å². The van der Waals surface area contributed by atoms with Gasteiger partial charge in [0.05, 0.1) is 10.3 Å². The van der Waals surface area contributed by atoms with Crippen LogP contribution in [0.3, 0.4) is 0 Å². The lowest BCUT2D eigenvalue weighted by Crippen LogP contribution is -2.54. The molecule has 1 aliphatic rings. The van der Waals surface area contributed by atoms with Crippen LogP contribution in [0.25, 0.3) is 21.8 Å². The number of nitrogen functional groups attached to an aromatic ring is 1. The summed E-state index contributed by atoms with van der Waals surface area (Å²) in [6.45, 7) is 14.0. The van der Waals surface area contributed by atoms with E-state index >= 15 is 0 Å². The molecule has 0 aliphatic carbocycles. The minimum Gasteiger partial charge on any atom is -0.457 e. The number of piperazine rings is 1. The van der Waals surface area contributed by atoms with Crippen molar-refractivity contribution in [2.24, 2.45) is 0 Å². The fourth-order valence-corrected chi connectivity index (χ4v) is 4.69. The lowest BCUT2D eigenvalue weighted by atomic mass is 10.0. The van der Waals surface area contributed by atoms with Gasteiger partial charge in [0.25, 0.3) is 5.91 Å². The van der Waals surface area contributed by atoms with Crippen LogP contribution < -0.4 is 5.73 Å². The normalized spacial score (nSPS) is 16.0. The maximum Gasteiger partial charge on any atom is 0.264 e. The van der Waals surface area contributed by atoms with E-state index in [1.165, 1.54) is 11.3 Å². The fourth-order valence-electron chi connectivity index (χ4n) is 3.68. The summed E-state index contributed by atoms with van der Waals surface area (Å²) in [6, 6.07) is 5.62. The molecule has 0 atom stereocenters. The predicted octanol–water partition coefficient (Wildman–Crippen LogP) is 4.21. The first kappa shape index (κ1) is 20.8. The van der Waals surface area contributed by atoms with Gasteiger partial charge in [0.15, 0.2) is 11.6 Å². The van der Waals surface area contributed by atoms with Crippen LogP contribution in [0.2, 0.25) is 0 Å². The lowest BCUT2D eigenvalue weighted by molar-refractivity contribution is 0.0455. The summed E-state index contributed by atoms with van der Waals surface area (Å²) in [6.07, 6.45) is 0. The number of hydrogen-bond acceptors (Lipinski definition) is 7. The molecular weight excluding hydrogens is 398 g/mol. The molecule has 0 unspecified atom stereocenters. The molecule has 4 heterocycles. The van der Waals surface area contributed by atoms with Gasteiger partial charge in [-0.1, -0.05) is 13.8 Å². The zero-order chi connectivity index (χ0) is 21.6. The Balaban J connectivity index is 1.57. The van der Waals surface area contributed by atoms with Crippen molar-refractivity contribution >= 4 is 33.3 Å². The van der Waals surface area contributed by atoms with Gasteiger partial charge in [-0.05, 0) is 39.0 Å². The molecule has 1 saturated heterocycles. The number of aromatic nitrogens is 2. The first-order valence-electron chi connectivity index (χ1n) is 10.3. The number of nitrogens with two attached hydrogens (primary N) is 1. The second-order valence-corrected chi connectivity index (χ2v) is 10.1. The van der Waals surface area contributed by atoms with Crippen molar-refractivity contribution in [1.82, 2.24) is 19.8 Å². The molecule has 30 heavy (non-hydrogen) atoms. The third-order valence-corrected chi connectivity index (χ3v) is 6.58. The van der Waals surface area contributed by atoms with Gasteiger partial charge in [0, 0.05) is 37.6 Å². The summed E-state index contributed by atoms with van der Waals surface area (Å²) in [5.41, 5.74) is 6.32. The van der Waals surface area contributed by atoms with E-state index in [9.17, 15) is 4.79 Å². The van der Waals surface area contributed by atoms with Crippen molar-refractivity contribution in [2.75, 3.05) is 31.9 Å². The highest BCUT2D eigenvalue weighted by Crippen LogP contribution is 2.32. The number of thiophene rings is 1. The Hall–Kier alpha value is -2.45. The molecule has 0 spiro atoms. The monoisotopic (exact) mass is 427 g/mol. The van der Waals surface area contributed by atoms with E-state index < -0.39 is 0 Å². The van der Waals surface area contributed by atoms with Crippen LogP contribution in [-0.2, 0) is 0 Å². The first-order chi connectivity index (χ1) is 14.1. The van der Waals surface area contributed by atoms with Gasteiger partial charge < -0.3 is 15.1 Å². The van der Waals surface area contributed by atoms with Crippen molar-refractivity contribution in [1.29, 1.82) is 0 Å². The summed E-state index contributed by atoms with van der Waals surface area (Å²) in [5, 5.41) is 0.719. The van der Waals surface area contributed by atoms with Gasteiger partial charge in [-0.3, -0.25) is 9.69 Å². The summed E-state index contributed by atoms with van der Waals surface area (Å²) < 4.78 is 5.87. The van der Waals surface area contributed by atoms with Crippen molar-refractivity contribution in [3.8, 4) is 11.6 Å². The molecular formula is C22H29N5O2S. The van der Waals surface area contributed by atoms with Crippen LogP contribution in [0.4, 0.5) is 5.82 Å². The van der Waals surface area contributed by atoms with Crippen LogP contribution in [0, 0.1) is 0 Å². The zero-order valence-corrected chi connectivity index (χ0v) is 19.0. The minimum absolute atomic E-state index is 0.0348. The maximum absolute atomic E-state index is 13.1. The van der Waals surface area contributed by atoms with Gasteiger partial charge >= 0.3 is 0 Å². The molecule has 7 nitrogen and oxygen atoms in total. The Morgan fingerprint density at radius 3 is 2.47 bits per heavy atom. The Morgan fingerprint density at radius 2 is 1.87 bits per heavy atom. The Labute approximate surface area is 180 Å². The molecule has 1 amide bonds. The number of anilines is 1. The molecule has 0 radical (unpaired) electrons. The van der Waals surface area contributed by atoms with E-state index in [-0.39, 0.29) is 17.4 Å². The molecule has 4 rings (SSSR count). The van der Waals surface area contributed by atoms with E-state index in [2.05, 4.69) is 49.5 Å². The van der Waals surface area contributed by atoms with E-state index in [0.29, 0.717) is 27.1 Å². The number of amides is 1. The standard InChI is InChI=1S/C22H29N5O2S/c1-13(2)15-6-7-16(29-15)19-24-18(23)14-12-17(30-20(14)25-19)21(28)26-8-10-27(11-9-26)22(3,4)5/h6-7,12-13H,8-11H2,1-5H3,(H2,23,24,25). The Morgan fingerprint density at radius 1 is 1.17 bits per heavy atom. The number of furan rings is 1. The minimum atomic E-state index is 0.0348. The molecule has 1 aliphatic heterocycles. The fraction of sp³-hybridized carbons (Fsp3) is 0.500. The molecule has 8 heteroatoms. The number of carbonyl (C=O) groups excluding carboxylic acids is 1. The van der Waals surface area contributed by atoms with Crippen molar-refractivity contribution in [3.63, 3.8) is 0 Å². The van der Waals surface area contributed by atoms with E-state index in [4.69, 9.17) is 10.2 Å². The molecule has 3 aromatic heterocycles. The second kappa shape index (κ2) is 7.67. The summed E-state index contributed by atoms with van der Waals surface area (Å²) in [7, 11) is 0. The predicted molar refractivity (Wildman–Crippen MR) is 121 cm³/mol. The lowest BCUT2D eigenvalue weighted by Gasteiger charge is -2.42. The smallest absolute Gasteiger partial charge is 0.264 e. The van der Waals surface area contributed by atoms with E-state index in [1.54, 1.807) is 0 Å².